The van der Waals surface area contributed by atoms with Crippen LogP contribution in [0, 0.1) is 6.92 Å². The number of likely N-dealkylation sites (N-methyl/N-ethyl adjacent to an activating group) is 1. The summed E-state index contributed by atoms with van der Waals surface area (Å²) in [7, 11) is 3.22. The predicted octanol–water partition coefficient (Wildman–Crippen LogP) is 4.64. The molecule has 0 N–H and O–H groups in total. The number of hydrogen-bond donors (Lipinski definition) is 0. The molecule has 0 atom stereocenters. The number of amides is 1. The summed E-state index contributed by atoms with van der Waals surface area (Å²) in [6, 6.07) is 13.4. The van der Waals surface area contributed by atoms with Crippen LogP contribution < -0.4 is 9.47 Å². The lowest BCUT2D eigenvalue weighted by atomic mass is 10.1. The van der Waals surface area contributed by atoms with Gasteiger partial charge in [-0.1, -0.05) is 17.7 Å². The minimum absolute atomic E-state index is 0.0572. The van der Waals surface area contributed by atoms with Crippen LogP contribution in [0.2, 0.25) is 0 Å². The van der Waals surface area contributed by atoms with Gasteiger partial charge in [-0.05, 0) is 62.0 Å². The third-order valence-corrected chi connectivity index (χ3v) is 5.19. The van der Waals surface area contributed by atoms with Gasteiger partial charge >= 0.3 is 0 Å². The molecule has 140 valence electrons. The summed E-state index contributed by atoms with van der Waals surface area (Å²) in [5, 5.41) is 0.680. The largest absolute Gasteiger partial charge is 0.497 e. The monoisotopic (exact) mass is 382 g/mol. The van der Waals surface area contributed by atoms with E-state index < -0.39 is 0 Å². The average Bonchev–Trinajstić information content (AvgIpc) is 2.97. The second-order valence-corrected chi connectivity index (χ2v) is 7.01. The molecule has 0 radical (unpaired) electrons. The summed E-state index contributed by atoms with van der Waals surface area (Å²) in [5.74, 6) is 1.33. The van der Waals surface area contributed by atoms with Crippen molar-refractivity contribution in [1.82, 2.24) is 4.90 Å². The molecule has 3 rings (SSSR count). The highest BCUT2D eigenvalue weighted by Crippen LogP contribution is 2.36. The Kier molecular flexibility index (Phi) is 5.86. The molecule has 2 aromatic carbocycles. The molecule has 1 amide bonds. The Balaban J connectivity index is 1.97. The Labute approximate surface area is 163 Å². The molecule has 1 heterocycles. The summed E-state index contributed by atoms with van der Waals surface area (Å²) in [5.41, 5.74) is 2.79. The second kappa shape index (κ2) is 8.31. The van der Waals surface area contributed by atoms with Crippen LogP contribution in [0.5, 0.6) is 11.5 Å². The lowest BCUT2D eigenvalue weighted by molar-refractivity contribution is -0.122. The van der Waals surface area contributed by atoms with Crippen molar-refractivity contribution >= 4 is 34.6 Å². The molecule has 0 unspecified atom stereocenters. The number of rotatable bonds is 5. The van der Waals surface area contributed by atoms with E-state index in [1.807, 2.05) is 62.4 Å². The highest BCUT2D eigenvalue weighted by atomic mass is 32.2. The van der Waals surface area contributed by atoms with Crippen LogP contribution in [0.1, 0.15) is 18.1 Å². The first-order valence-corrected chi connectivity index (χ1v) is 9.46. The zero-order valence-electron chi connectivity index (χ0n) is 15.9. The van der Waals surface area contributed by atoms with Crippen molar-refractivity contribution in [2.45, 2.75) is 13.8 Å². The van der Waals surface area contributed by atoms with Gasteiger partial charge < -0.3 is 9.47 Å². The highest BCUT2D eigenvalue weighted by Gasteiger charge is 2.32. The number of amidine groups is 1. The van der Waals surface area contributed by atoms with Crippen LogP contribution in [0.25, 0.3) is 6.08 Å². The number of methoxy groups -OCH3 is 2. The van der Waals surface area contributed by atoms with Crippen molar-refractivity contribution in [3.63, 3.8) is 0 Å². The average molecular weight is 382 g/mol. The lowest BCUT2D eigenvalue weighted by Gasteiger charge is -2.12. The number of aliphatic imine (C=N–C) groups is 1. The highest BCUT2D eigenvalue weighted by molar-refractivity contribution is 8.18. The maximum atomic E-state index is 12.8. The Morgan fingerprint density at radius 1 is 1.11 bits per heavy atom. The van der Waals surface area contributed by atoms with Gasteiger partial charge in [-0.15, -0.1) is 0 Å². The first-order chi connectivity index (χ1) is 13.0. The van der Waals surface area contributed by atoms with Crippen molar-refractivity contribution < 1.29 is 14.3 Å². The topological polar surface area (TPSA) is 51.1 Å². The van der Waals surface area contributed by atoms with Crippen molar-refractivity contribution in [1.29, 1.82) is 0 Å². The van der Waals surface area contributed by atoms with E-state index in [1.165, 1.54) is 17.3 Å². The van der Waals surface area contributed by atoms with Crippen molar-refractivity contribution in [2.24, 2.45) is 4.99 Å². The fraction of sp³-hybridized carbons (Fsp3) is 0.238. The Bertz CT molecular complexity index is 904. The Hall–Kier alpha value is -2.73. The normalized spacial score (nSPS) is 17.0. The van der Waals surface area contributed by atoms with Gasteiger partial charge in [-0.2, -0.15) is 0 Å². The Morgan fingerprint density at radius 2 is 1.85 bits per heavy atom. The molecule has 1 aliphatic rings. The number of aryl methyl sites for hydroxylation is 1. The standard InChI is InChI=1S/C21H22N2O3S/c1-5-23-20(24)19(13-15-12-17(25-3)10-11-18(15)26-4)27-21(23)22-16-8-6-14(2)7-9-16/h6-13H,5H2,1-4H3/b19-13-,22-21?. The van der Waals surface area contributed by atoms with Crippen LogP contribution >= 0.6 is 11.8 Å². The minimum Gasteiger partial charge on any atom is -0.497 e. The van der Waals surface area contributed by atoms with Gasteiger partial charge in [0.2, 0.25) is 0 Å². The Morgan fingerprint density at radius 3 is 2.48 bits per heavy atom. The molecule has 0 aromatic heterocycles. The fourth-order valence-electron chi connectivity index (χ4n) is 2.69. The van der Waals surface area contributed by atoms with E-state index in [1.54, 1.807) is 19.1 Å². The molecular weight excluding hydrogens is 360 g/mol. The molecule has 0 bridgehead atoms. The zero-order valence-corrected chi connectivity index (χ0v) is 16.7. The van der Waals surface area contributed by atoms with Gasteiger partial charge in [0.1, 0.15) is 11.5 Å². The quantitative estimate of drug-likeness (QED) is 0.707. The third-order valence-electron chi connectivity index (χ3n) is 4.19. The molecule has 27 heavy (non-hydrogen) atoms. The number of carbonyl (C=O) groups is 1. The summed E-state index contributed by atoms with van der Waals surface area (Å²) >= 11 is 1.37. The number of benzene rings is 2. The number of thioether (sulfide) groups is 1. The molecule has 6 heteroatoms. The maximum absolute atomic E-state index is 12.8. The van der Waals surface area contributed by atoms with Crippen LogP contribution in [0.3, 0.4) is 0 Å². The molecule has 0 saturated carbocycles. The number of carbonyl (C=O) groups excluding carboxylic acids is 1. The smallest absolute Gasteiger partial charge is 0.266 e. The van der Waals surface area contributed by atoms with Crippen molar-refractivity contribution in [3.8, 4) is 11.5 Å². The number of ether oxygens (including phenoxy) is 2. The van der Waals surface area contributed by atoms with Crippen molar-refractivity contribution in [3.05, 3.63) is 58.5 Å². The molecular formula is C21H22N2O3S. The molecule has 1 fully saturated rings. The molecule has 0 spiro atoms. The van der Waals surface area contributed by atoms with E-state index in [4.69, 9.17) is 9.47 Å². The summed E-state index contributed by atoms with van der Waals surface area (Å²) in [4.78, 5) is 19.8. The van der Waals surface area contributed by atoms with E-state index in [9.17, 15) is 4.79 Å². The van der Waals surface area contributed by atoms with Gasteiger partial charge in [-0.3, -0.25) is 9.69 Å². The minimum atomic E-state index is -0.0572. The van der Waals surface area contributed by atoms with E-state index in [2.05, 4.69) is 4.99 Å². The summed E-state index contributed by atoms with van der Waals surface area (Å²) < 4.78 is 10.7. The van der Waals surface area contributed by atoms with Gasteiger partial charge in [0.05, 0.1) is 24.8 Å². The fourth-order valence-corrected chi connectivity index (χ4v) is 3.75. The third kappa shape index (κ3) is 4.17. The van der Waals surface area contributed by atoms with Crippen molar-refractivity contribution in [2.75, 3.05) is 20.8 Å². The van der Waals surface area contributed by atoms with Gasteiger partial charge in [-0.25, -0.2) is 4.99 Å². The van der Waals surface area contributed by atoms with Crippen LogP contribution in [-0.4, -0.2) is 36.7 Å². The summed E-state index contributed by atoms with van der Waals surface area (Å²) in [6.45, 7) is 4.53. The zero-order chi connectivity index (χ0) is 19.4. The van der Waals surface area contributed by atoms with E-state index in [0.717, 1.165) is 11.3 Å². The van der Waals surface area contributed by atoms with Gasteiger partial charge in [0.15, 0.2) is 5.17 Å². The van der Waals surface area contributed by atoms with Gasteiger partial charge in [0.25, 0.3) is 5.91 Å². The maximum Gasteiger partial charge on any atom is 0.266 e. The molecule has 0 aliphatic carbocycles. The number of nitrogens with zero attached hydrogens (tertiary/aromatic N) is 2. The molecule has 1 aliphatic heterocycles. The molecule has 1 saturated heterocycles. The van der Waals surface area contributed by atoms with Crippen LogP contribution in [0.15, 0.2) is 52.4 Å². The second-order valence-electron chi connectivity index (χ2n) is 6.00. The predicted molar refractivity (Wildman–Crippen MR) is 111 cm³/mol. The number of hydrogen-bond acceptors (Lipinski definition) is 5. The summed E-state index contributed by atoms with van der Waals surface area (Å²) in [6.07, 6.45) is 1.83. The van der Waals surface area contributed by atoms with E-state index in [-0.39, 0.29) is 5.91 Å². The molecule has 5 nitrogen and oxygen atoms in total. The van der Waals surface area contributed by atoms with E-state index >= 15 is 0 Å². The van der Waals surface area contributed by atoms with Crippen LogP contribution in [0.4, 0.5) is 5.69 Å². The van der Waals surface area contributed by atoms with Crippen LogP contribution in [-0.2, 0) is 4.79 Å². The first kappa shape index (κ1) is 19.0. The first-order valence-electron chi connectivity index (χ1n) is 8.64. The van der Waals surface area contributed by atoms with E-state index in [0.29, 0.717) is 28.1 Å². The molecule has 2 aromatic rings. The SMILES string of the molecule is CCN1C(=O)/C(=C/c2cc(OC)ccc2OC)SC1=Nc1ccc(C)cc1. The lowest BCUT2D eigenvalue weighted by Crippen LogP contribution is -2.28. The van der Waals surface area contributed by atoms with Gasteiger partial charge in [0, 0.05) is 12.1 Å².